The molecule has 0 unspecified atom stereocenters. The molecule has 0 aliphatic heterocycles. The van der Waals surface area contributed by atoms with Crippen molar-refractivity contribution < 1.29 is 9.13 Å². The summed E-state index contributed by atoms with van der Waals surface area (Å²) in [5, 5.41) is 8.57. The van der Waals surface area contributed by atoms with E-state index in [1.54, 1.807) is 30.0 Å². The van der Waals surface area contributed by atoms with Gasteiger partial charge in [-0.2, -0.15) is 5.10 Å². The summed E-state index contributed by atoms with van der Waals surface area (Å²) in [5.41, 5.74) is 3.37. The summed E-state index contributed by atoms with van der Waals surface area (Å²) in [5.74, 6) is -0.306. The van der Waals surface area contributed by atoms with Crippen LogP contribution < -0.4 is 5.32 Å². The molecule has 0 aliphatic carbocycles. The first kappa shape index (κ1) is 18.5. The molecule has 1 N–H and O–H groups in total. The number of hydrogen-bond donors (Lipinski definition) is 1. The molecule has 6 nitrogen and oxygen atoms in total. The van der Waals surface area contributed by atoms with Crippen LogP contribution in [0.4, 0.5) is 9.52 Å². The maximum Gasteiger partial charge on any atom is 0.185 e. The van der Waals surface area contributed by atoms with Crippen LogP contribution in [0.5, 0.6) is 0 Å². The van der Waals surface area contributed by atoms with Gasteiger partial charge in [0.1, 0.15) is 21.9 Å². The highest BCUT2D eigenvalue weighted by Crippen LogP contribution is 2.33. The van der Waals surface area contributed by atoms with E-state index in [1.165, 1.54) is 17.4 Å². The van der Waals surface area contributed by atoms with E-state index in [4.69, 9.17) is 9.72 Å². The normalized spacial score (nSPS) is 12.4. The Labute approximate surface area is 166 Å². The zero-order valence-corrected chi connectivity index (χ0v) is 16.6. The van der Waals surface area contributed by atoms with E-state index < -0.39 is 0 Å². The quantitative estimate of drug-likeness (QED) is 0.524. The zero-order valence-electron chi connectivity index (χ0n) is 15.8. The van der Waals surface area contributed by atoms with Crippen LogP contribution in [-0.2, 0) is 11.8 Å². The molecule has 0 saturated heterocycles. The third kappa shape index (κ3) is 3.61. The third-order valence-corrected chi connectivity index (χ3v) is 5.17. The lowest BCUT2D eigenvalue weighted by atomic mass is 10.1. The standard InChI is InChI=1S/C20H20FN5OS/c1-12(11-27-3)22-20-24-17-9-8-16(23-19(17)28-20)14-10-26(2)25-18(14)13-6-4-5-7-15(13)21/h4-10,12H,11H2,1-3H3,(H,22,24)/t12-/m0/s1. The van der Waals surface area contributed by atoms with Crippen molar-refractivity contribution in [2.45, 2.75) is 13.0 Å². The highest BCUT2D eigenvalue weighted by Gasteiger charge is 2.17. The molecule has 3 heterocycles. The first-order chi connectivity index (χ1) is 13.5. The smallest absolute Gasteiger partial charge is 0.185 e. The van der Waals surface area contributed by atoms with Crippen LogP contribution in [0, 0.1) is 5.82 Å². The molecule has 144 valence electrons. The largest absolute Gasteiger partial charge is 0.383 e. The van der Waals surface area contributed by atoms with Gasteiger partial charge in [0.05, 0.1) is 12.3 Å². The van der Waals surface area contributed by atoms with Crippen molar-refractivity contribution in [3.8, 4) is 22.5 Å². The number of nitrogens with zero attached hydrogens (tertiary/aromatic N) is 4. The van der Waals surface area contributed by atoms with Crippen LogP contribution in [0.25, 0.3) is 32.9 Å². The minimum atomic E-state index is -0.306. The predicted octanol–water partition coefficient (Wildman–Crippen LogP) is 4.34. The fourth-order valence-corrected chi connectivity index (χ4v) is 4.01. The van der Waals surface area contributed by atoms with Crippen LogP contribution in [0.2, 0.25) is 0 Å². The van der Waals surface area contributed by atoms with Gasteiger partial charge in [0, 0.05) is 37.5 Å². The maximum absolute atomic E-state index is 14.3. The molecule has 1 aromatic carbocycles. The fourth-order valence-electron chi connectivity index (χ4n) is 3.06. The van der Waals surface area contributed by atoms with Crippen molar-refractivity contribution in [3.63, 3.8) is 0 Å². The molecule has 0 bridgehead atoms. The number of thiazole rings is 1. The molecule has 0 aliphatic rings. The van der Waals surface area contributed by atoms with E-state index in [0.717, 1.165) is 26.7 Å². The molecule has 28 heavy (non-hydrogen) atoms. The summed E-state index contributed by atoms with van der Waals surface area (Å²) >= 11 is 1.48. The SMILES string of the molecule is COC[C@H](C)Nc1nc2ccc(-c3cn(C)nc3-c3ccccc3F)nc2s1. The summed E-state index contributed by atoms with van der Waals surface area (Å²) in [6.45, 7) is 2.63. The minimum Gasteiger partial charge on any atom is -0.383 e. The second-order valence-electron chi connectivity index (χ2n) is 6.59. The number of methoxy groups -OCH3 is 1. The number of aromatic nitrogens is 4. The molecule has 4 rings (SSSR count). The number of hydrogen-bond acceptors (Lipinski definition) is 6. The number of nitrogens with one attached hydrogen (secondary N) is 1. The van der Waals surface area contributed by atoms with Crippen LogP contribution in [-0.4, -0.2) is 39.5 Å². The Morgan fingerprint density at radius 2 is 2.00 bits per heavy atom. The van der Waals surface area contributed by atoms with Gasteiger partial charge in [0.15, 0.2) is 5.13 Å². The van der Waals surface area contributed by atoms with Crippen molar-refractivity contribution in [2.24, 2.45) is 7.05 Å². The van der Waals surface area contributed by atoms with Gasteiger partial charge in [-0.3, -0.25) is 4.68 Å². The first-order valence-electron chi connectivity index (χ1n) is 8.87. The highest BCUT2D eigenvalue weighted by molar-refractivity contribution is 7.21. The van der Waals surface area contributed by atoms with Crippen LogP contribution in [0.3, 0.4) is 0 Å². The fraction of sp³-hybridized carbons (Fsp3) is 0.250. The third-order valence-electron chi connectivity index (χ3n) is 4.28. The van der Waals surface area contributed by atoms with Gasteiger partial charge in [-0.15, -0.1) is 0 Å². The molecule has 8 heteroatoms. The molecule has 0 spiro atoms. The topological polar surface area (TPSA) is 64.9 Å². The second kappa shape index (κ2) is 7.65. The Morgan fingerprint density at radius 1 is 1.18 bits per heavy atom. The first-order valence-corrected chi connectivity index (χ1v) is 9.69. The van der Waals surface area contributed by atoms with Crippen LogP contribution in [0.15, 0.2) is 42.6 Å². The summed E-state index contributed by atoms with van der Waals surface area (Å²) in [7, 11) is 3.49. The Morgan fingerprint density at radius 3 is 2.79 bits per heavy atom. The number of benzene rings is 1. The molecule has 0 saturated carbocycles. The van der Waals surface area contributed by atoms with E-state index in [1.807, 2.05) is 32.3 Å². The number of fused-ring (bicyclic) bond motifs is 1. The van der Waals surface area contributed by atoms with Gasteiger partial charge < -0.3 is 10.1 Å². The molecule has 3 aromatic heterocycles. The summed E-state index contributed by atoms with van der Waals surface area (Å²) in [4.78, 5) is 10.1. The molecule has 0 amide bonds. The number of anilines is 1. The Kier molecular flexibility index (Phi) is 5.06. The van der Waals surface area contributed by atoms with Gasteiger partial charge in [-0.1, -0.05) is 23.5 Å². The van der Waals surface area contributed by atoms with Gasteiger partial charge in [0.2, 0.25) is 0 Å². The zero-order chi connectivity index (χ0) is 19.7. The van der Waals surface area contributed by atoms with Crippen molar-refractivity contribution in [3.05, 3.63) is 48.4 Å². The molecule has 1 atom stereocenters. The lowest BCUT2D eigenvalue weighted by Gasteiger charge is -2.10. The average Bonchev–Trinajstić information content (AvgIpc) is 3.24. The van der Waals surface area contributed by atoms with Crippen LogP contribution >= 0.6 is 11.3 Å². The summed E-state index contributed by atoms with van der Waals surface area (Å²) in [6, 6.07) is 10.6. The summed E-state index contributed by atoms with van der Waals surface area (Å²) in [6.07, 6.45) is 1.86. The number of halogens is 1. The number of rotatable bonds is 6. The lowest BCUT2D eigenvalue weighted by Crippen LogP contribution is -2.20. The van der Waals surface area contributed by atoms with E-state index in [2.05, 4.69) is 15.4 Å². The monoisotopic (exact) mass is 397 g/mol. The molecular weight excluding hydrogens is 377 g/mol. The molecule has 0 radical (unpaired) electrons. The maximum atomic E-state index is 14.3. The van der Waals surface area contributed by atoms with Crippen molar-refractivity contribution in [2.75, 3.05) is 19.0 Å². The van der Waals surface area contributed by atoms with Gasteiger partial charge in [-0.25, -0.2) is 14.4 Å². The Balaban J connectivity index is 1.73. The lowest BCUT2D eigenvalue weighted by molar-refractivity contribution is 0.190. The molecular formula is C20H20FN5OS. The van der Waals surface area contributed by atoms with Gasteiger partial charge >= 0.3 is 0 Å². The second-order valence-corrected chi connectivity index (χ2v) is 7.56. The van der Waals surface area contributed by atoms with Gasteiger partial charge in [0.25, 0.3) is 0 Å². The number of ether oxygens (including phenoxy) is 1. The summed E-state index contributed by atoms with van der Waals surface area (Å²) < 4.78 is 21.2. The molecule has 0 fully saturated rings. The van der Waals surface area contributed by atoms with E-state index in [0.29, 0.717) is 17.9 Å². The molecule has 4 aromatic rings. The van der Waals surface area contributed by atoms with E-state index in [9.17, 15) is 4.39 Å². The minimum absolute atomic E-state index is 0.149. The van der Waals surface area contributed by atoms with Crippen LogP contribution in [0.1, 0.15) is 6.92 Å². The van der Waals surface area contributed by atoms with E-state index in [-0.39, 0.29) is 11.9 Å². The predicted molar refractivity (Wildman–Crippen MR) is 110 cm³/mol. The van der Waals surface area contributed by atoms with Crippen molar-refractivity contribution >= 4 is 26.8 Å². The number of pyridine rings is 1. The Bertz CT molecular complexity index is 1120. The Hall–Kier alpha value is -2.84. The van der Waals surface area contributed by atoms with Crippen molar-refractivity contribution in [1.29, 1.82) is 0 Å². The number of aryl methyl sites for hydroxylation is 1. The highest BCUT2D eigenvalue weighted by atomic mass is 32.1. The van der Waals surface area contributed by atoms with Gasteiger partial charge in [-0.05, 0) is 31.2 Å². The van der Waals surface area contributed by atoms with E-state index >= 15 is 0 Å². The average molecular weight is 397 g/mol. The van der Waals surface area contributed by atoms with Crippen molar-refractivity contribution in [1.82, 2.24) is 19.7 Å².